The number of benzene rings is 1. The van der Waals surface area contributed by atoms with Gasteiger partial charge in [-0.3, -0.25) is 0 Å². The molecule has 0 amide bonds. The summed E-state index contributed by atoms with van der Waals surface area (Å²) in [6.45, 7) is 1.03. The number of hydrogen-bond donors (Lipinski definition) is 1. The van der Waals surface area contributed by atoms with Crippen molar-refractivity contribution in [3.8, 4) is 0 Å². The number of rotatable bonds is 2. The molecule has 1 aromatic rings. The number of esters is 1. The predicted molar refractivity (Wildman–Crippen MR) is 62.4 cm³/mol. The zero-order chi connectivity index (χ0) is 11.4. The average Bonchev–Trinajstić information content (AvgIpc) is 2.39. The molecule has 1 aromatic carbocycles. The van der Waals surface area contributed by atoms with E-state index < -0.39 is 0 Å². The normalized spacial score (nSPS) is 20.4. The second kappa shape index (κ2) is 5.12. The summed E-state index contributed by atoms with van der Waals surface area (Å²) in [4.78, 5) is 11.6. The number of piperidine rings is 1. The topological polar surface area (TPSA) is 38.3 Å². The van der Waals surface area contributed by atoms with Gasteiger partial charge in [-0.2, -0.15) is 0 Å². The molecule has 0 saturated carbocycles. The van der Waals surface area contributed by atoms with Crippen LogP contribution in [0.15, 0.2) is 24.3 Å². The van der Waals surface area contributed by atoms with Gasteiger partial charge in [0.1, 0.15) is 0 Å². The van der Waals surface area contributed by atoms with Crippen LogP contribution in [0.1, 0.15) is 41.2 Å². The molecule has 3 nitrogen and oxygen atoms in total. The highest BCUT2D eigenvalue weighted by atomic mass is 16.5. The van der Waals surface area contributed by atoms with Crippen LogP contribution in [0.2, 0.25) is 0 Å². The minimum atomic E-state index is -0.247. The molecule has 1 unspecified atom stereocenters. The van der Waals surface area contributed by atoms with Crippen LogP contribution in [-0.4, -0.2) is 19.6 Å². The van der Waals surface area contributed by atoms with Crippen LogP contribution in [0.3, 0.4) is 0 Å². The predicted octanol–water partition coefficient (Wildman–Crippen LogP) is 2.29. The summed E-state index contributed by atoms with van der Waals surface area (Å²) in [6.07, 6.45) is 3.53. The van der Waals surface area contributed by atoms with Crippen LogP contribution in [0.4, 0.5) is 0 Å². The summed E-state index contributed by atoms with van der Waals surface area (Å²) < 4.78 is 4.80. The Labute approximate surface area is 95.8 Å². The van der Waals surface area contributed by atoms with Gasteiger partial charge in [0.2, 0.25) is 0 Å². The molecule has 2 rings (SSSR count). The van der Waals surface area contributed by atoms with Crippen molar-refractivity contribution < 1.29 is 9.53 Å². The third-order valence-corrected chi connectivity index (χ3v) is 3.05. The van der Waals surface area contributed by atoms with Crippen LogP contribution >= 0.6 is 0 Å². The zero-order valence-electron chi connectivity index (χ0n) is 9.53. The van der Waals surface area contributed by atoms with E-state index in [0.29, 0.717) is 11.6 Å². The van der Waals surface area contributed by atoms with Crippen molar-refractivity contribution in [1.29, 1.82) is 0 Å². The second-order valence-electron chi connectivity index (χ2n) is 4.08. The molecule has 1 heterocycles. The molecule has 0 radical (unpaired) electrons. The molecule has 3 heteroatoms. The molecule has 1 N–H and O–H groups in total. The highest BCUT2D eigenvalue weighted by Gasteiger charge is 2.20. The first-order valence-corrected chi connectivity index (χ1v) is 5.73. The van der Waals surface area contributed by atoms with Gasteiger partial charge in [-0.1, -0.05) is 24.6 Å². The number of carbonyl (C=O) groups excluding carboxylic acids is 1. The molecule has 1 aliphatic heterocycles. The minimum absolute atomic E-state index is 0.247. The van der Waals surface area contributed by atoms with Gasteiger partial charge in [0.25, 0.3) is 0 Å². The lowest BCUT2D eigenvalue weighted by Crippen LogP contribution is -2.28. The summed E-state index contributed by atoms with van der Waals surface area (Å²) >= 11 is 0. The Morgan fingerprint density at radius 3 is 2.88 bits per heavy atom. The van der Waals surface area contributed by atoms with E-state index in [2.05, 4.69) is 5.32 Å². The Kier molecular flexibility index (Phi) is 3.57. The number of methoxy groups -OCH3 is 1. The Morgan fingerprint density at radius 1 is 1.38 bits per heavy atom. The van der Waals surface area contributed by atoms with E-state index in [-0.39, 0.29) is 5.97 Å². The van der Waals surface area contributed by atoms with Crippen molar-refractivity contribution in [3.63, 3.8) is 0 Å². The summed E-state index contributed by atoms with van der Waals surface area (Å²) in [5, 5.41) is 3.45. The molecule has 1 aliphatic rings. The van der Waals surface area contributed by atoms with E-state index in [9.17, 15) is 4.79 Å². The Balaban J connectivity index is 2.28. The first-order valence-electron chi connectivity index (χ1n) is 5.73. The Hall–Kier alpha value is -1.35. The largest absolute Gasteiger partial charge is 0.465 e. The third kappa shape index (κ3) is 2.25. The number of carbonyl (C=O) groups is 1. The van der Waals surface area contributed by atoms with Crippen molar-refractivity contribution in [2.45, 2.75) is 25.3 Å². The lowest BCUT2D eigenvalue weighted by atomic mass is 9.94. The average molecular weight is 219 g/mol. The van der Waals surface area contributed by atoms with Gasteiger partial charge in [-0.15, -0.1) is 0 Å². The van der Waals surface area contributed by atoms with E-state index >= 15 is 0 Å². The zero-order valence-corrected chi connectivity index (χ0v) is 9.53. The molecular weight excluding hydrogens is 202 g/mol. The molecular formula is C13H17NO2. The van der Waals surface area contributed by atoms with Crippen LogP contribution in [0.5, 0.6) is 0 Å². The van der Waals surface area contributed by atoms with Gasteiger partial charge >= 0.3 is 5.97 Å². The lowest BCUT2D eigenvalue weighted by molar-refractivity contribution is 0.0598. The Bertz CT molecular complexity index is 370. The molecule has 1 atom stereocenters. The summed E-state index contributed by atoms with van der Waals surface area (Å²) in [5.74, 6) is -0.247. The highest BCUT2D eigenvalue weighted by Crippen LogP contribution is 2.26. The van der Waals surface area contributed by atoms with Crippen molar-refractivity contribution in [1.82, 2.24) is 5.32 Å². The van der Waals surface area contributed by atoms with E-state index in [1.54, 1.807) is 0 Å². The van der Waals surface area contributed by atoms with Crippen LogP contribution in [0, 0.1) is 0 Å². The molecule has 0 aliphatic carbocycles. The van der Waals surface area contributed by atoms with Crippen molar-refractivity contribution >= 4 is 5.97 Å². The van der Waals surface area contributed by atoms with Gasteiger partial charge in [0.15, 0.2) is 0 Å². The summed E-state index contributed by atoms with van der Waals surface area (Å²) in [7, 11) is 1.42. The fraction of sp³-hybridized carbons (Fsp3) is 0.462. The maximum atomic E-state index is 11.6. The van der Waals surface area contributed by atoms with Gasteiger partial charge < -0.3 is 10.1 Å². The van der Waals surface area contributed by atoms with Crippen LogP contribution < -0.4 is 5.32 Å². The van der Waals surface area contributed by atoms with Gasteiger partial charge in [0.05, 0.1) is 12.7 Å². The van der Waals surface area contributed by atoms with Crippen molar-refractivity contribution in [2.75, 3.05) is 13.7 Å². The highest BCUT2D eigenvalue weighted by molar-refractivity contribution is 5.91. The smallest absolute Gasteiger partial charge is 0.338 e. The molecule has 16 heavy (non-hydrogen) atoms. The van der Waals surface area contributed by atoms with Crippen LogP contribution in [-0.2, 0) is 4.74 Å². The summed E-state index contributed by atoms with van der Waals surface area (Å²) in [5.41, 5.74) is 1.75. The Morgan fingerprint density at radius 2 is 2.19 bits per heavy atom. The summed E-state index contributed by atoms with van der Waals surface area (Å²) in [6, 6.07) is 7.98. The molecule has 0 spiro atoms. The quantitative estimate of drug-likeness (QED) is 0.775. The van der Waals surface area contributed by atoms with E-state index in [4.69, 9.17) is 4.74 Å². The first-order chi connectivity index (χ1) is 7.83. The molecule has 86 valence electrons. The maximum absolute atomic E-state index is 11.6. The minimum Gasteiger partial charge on any atom is -0.465 e. The van der Waals surface area contributed by atoms with E-state index in [0.717, 1.165) is 18.5 Å². The van der Waals surface area contributed by atoms with Gasteiger partial charge in [-0.25, -0.2) is 4.79 Å². The molecule has 1 fully saturated rings. The number of nitrogens with one attached hydrogen (secondary N) is 1. The van der Waals surface area contributed by atoms with Crippen molar-refractivity contribution in [3.05, 3.63) is 35.4 Å². The monoisotopic (exact) mass is 219 g/mol. The van der Waals surface area contributed by atoms with E-state index in [1.807, 2.05) is 24.3 Å². The van der Waals surface area contributed by atoms with Gasteiger partial charge in [0, 0.05) is 6.04 Å². The number of hydrogen-bond acceptors (Lipinski definition) is 3. The SMILES string of the molecule is COC(=O)c1ccccc1C1CCCCN1. The lowest BCUT2D eigenvalue weighted by Gasteiger charge is -2.25. The third-order valence-electron chi connectivity index (χ3n) is 3.05. The molecule has 1 saturated heterocycles. The van der Waals surface area contributed by atoms with Gasteiger partial charge in [-0.05, 0) is 31.0 Å². The molecule has 0 bridgehead atoms. The van der Waals surface area contributed by atoms with Crippen molar-refractivity contribution in [2.24, 2.45) is 0 Å². The molecule has 0 aromatic heterocycles. The first kappa shape index (κ1) is 11.1. The maximum Gasteiger partial charge on any atom is 0.338 e. The fourth-order valence-corrected chi connectivity index (χ4v) is 2.21. The van der Waals surface area contributed by atoms with Crippen LogP contribution in [0.25, 0.3) is 0 Å². The fourth-order valence-electron chi connectivity index (χ4n) is 2.21. The number of ether oxygens (including phenoxy) is 1. The van der Waals surface area contributed by atoms with E-state index in [1.165, 1.54) is 20.0 Å². The second-order valence-corrected chi connectivity index (χ2v) is 4.08. The standard InChI is InChI=1S/C13H17NO2/c1-16-13(15)11-7-3-2-6-10(11)12-8-4-5-9-14-12/h2-3,6-7,12,14H,4-5,8-9H2,1H3.